The maximum atomic E-state index is 13.0. The maximum Gasteiger partial charge on any atom is 0.272 e. The van der Waals surface area contributed by atoms with Crippen molar-refractivity contribution in [3.05, 3.63) is 88.7 Å². The summed E-state index contributed by atoms with van der Waals surface area (Å²) in [4.78, 5) is 23.8. The third-order valence-electron chi connectivity index (χ3n) is 5.03. The van der Waals surface area contributed by atoms with Gasteiger partial charge in [-0.3, -0.25) is 4.79 Å². The van der Waals surface area contributed by atoms with E-state index < -0.39 is 0 Å². The van der Waals surface area contributed by atoms with E-state index in [1.807, 2.05) is 36.1 Å². The van der Waals surface area contributed by atoms with Crippen LogP contribution in [0.25, 0.3) is 0 Å². The normalized spacial score (nSPS) is 13.1. The highest BCUT2D eigenvalue weighted by Crippen LogP contribution is 2.20. The first kappa shape index (κ1) is 18.2. The highest BCUT2D eigenvalue weighted by molar-refractivity contribution is 5.92. The molecule has 0 radical (unpaired) electrons. The number of carbonyl (C=O) groups excluding carboxylic acids is 1. The summed E-state index contributed by atoms with van der Waals surface area (Å²) in [6, 6.07) is 20.4. The largest absolute Gasteiger partial charge is 0.354 e. The van der Waals surface area contributed by atoms with Crippen molar-refractivity contribution in [2.45, 2.75) is 26.3 Å². The number of amides is 1. The molecule has 142 valence electrons. The second-order valence-corrected chi connectivity index (χ2v) is 7.13. The quantitative estimate of drug-likeness (QED) is 0.743. The molecule has 0 fully saturated rings. The SMILES string of the molecule is Cc1cc(C(=O)N2CCc3ccccc3C2)nc(NCCc2ccccc2)n1. The van der Waals surface area contributed by atoms with Crippen LogP contribution in [-0.4, -0.2) is 33.9 Å². The van der Waals surface area contributed by atoms with Gasteiger partial charge < -0.3 is 10.2 Å². The van der Waals surface area contributed by atoms with E-state index in [-0.39, 0.29) is 5.91 Å². The van der Waals surface area contributed by atoms with Crippen LogP contribution in [0, 0.1) is 6.92 Å². The molecular weight excluding hydrogens is 348 g/mol. The van der Waals surface area contributed by atoms with Crippen molar-refractivity contribution >= 4 is 11.9 Å². The minimum absolute atomic E-state index is 0.0360. The first-order valence-electron chi connectivity index (χ1n) is 9.68. The molecule has 2 aromatic carbocycles. The molecule has 0 atom stereocenters. The molecule has 0 saturated carbocycles. The third-order valence-corrected chi connectivity index (χ3v) is 5.03. The molecule has 2 heterocycles. The monoisotopic (exact) mass is 372 g/mol. The summed E-state index contributed by atoms with van der Waals surface area (Å²) in [7, 11) is 0. The highest BCUT2D eigenvalue weighted by Gasteiger charge is 2.23. The number of aromatic nitrogens is 2. The van der Waals surface area contributed by atoms with Crippen LogP contribution >= 0.6 is 0 Å². The van der Waals surface area contributed by atoms with Gasteiger partial charge in [-0.05, 0) is 42.5 Å². The summed E-state index contributed by atoms with van der Waals surface area (Å²) in [6.45, 7) is 3.97. The van der Waals surface area contributed by atoms with Crippen LogP contribution in [0.4, 0.5) is 5.95 Å². The van der Waals surface area contributed by atoms with E-state index in [1.165, 1.54) is 16.7 Å². The number of nitrogens with zero attached hydrogens (tertiary/aromatic N) is 3. The summed E-state index contributed by atoms with van der Waals surface area (Å²) in [5, 5.41) is 3.25. The van der Waals surface area contributed by atoms with Gasteiger partial charge in [0.15, 0.2) is 0 Å². The van der Waals surface area contributed by atoms with Gasteiger partial charge in [-0.2, -0.15) is 0 Å². The first-order chi connectivity index (χ1) is 13.7. The lowest BCUT2D eigenvalue weighted by Gasteiger charge is -2.28. The Hall–Kier alpha value is -3.21. The lowest BCUT2D eigenvalue weighted by Crippen LogP contribution is -2.36. The minimum Gasteiger partial charge on any atom is -0.354 e. The van der Waals surface area contributed by atoms with Gasteiger partial charge in [0.05, 0.1) is 0 Å². The molecule has 1 aliphatic rings. The molecule has 0 bridgehead atoms. The molecule has 5 heteroatoms. The van der Waals surface area contributed by atoms with Crippen molar-refractivity contribution in [1.82, 2.24) is 14.9 Å². The number of rotatable bonds is 5. The Morgan fingerprint density at radius 3 is 2.61 bits per heavy atom. The lowest BCUT2D eigenvalue weighted by molar-refractivity contribution is 0.0728. The van der Waals surface area contributed by atoms with E-state index in [2.05, 4.69) is 45.6 Å². The van der Waals surface area contributed by atoms with Crippen LogP contribution in [0.2, 0.25) is 0 Å². The van der Waals surface area contributed by atoms with Crippen LogP contribution in [0.1, 0.15) is 32.9 Å². The number of benzene rings is 2. The van der Waals surface area contributed by atoms with Crippen molar-refractivity contribution < 1.29 is 4.79 Å². The molecule has 0 spiro atoms. The number of hydrogen-bond acceptors (Lipinski definition) is 4. The second kappa shape index (κ2) is 8.21. The zero-order valence-corrected chi connectivity index (χ0v) is 16.1. The molecule has 3 aromatic rings. The zero-order chi connectivity index (χ0) is 19.3. The average molecular weight is 372 g/mol. The van der Waals surface area contributed by atoms with Gasteiger partial charge in [-0.1, -0.05) is 54.6 Å². The Morgan fingerprint density at radius 2 is 1.79 bits per heavy atom. The maximum absolute atomic E-state index is 13.0. The van der Waals surface area contributed by atoms with Crippen LogP contribution in [-0.2, 0) is 19.4 Å². The van der Waals surface area contributed by atoms with Gasteiger partial charge in [0, 0.05) is 25.3 Å². The fourth-order valence-corrected chi connectivity index (χ4v) is 3.55. The minimum atomic E-state index is -0.0360. The predicted octanol–water partition coefficient (Wildman–Crippen LogP) is 3.64. The standard InChI is InChI=1S/C23H24N4O/c1-17-15-21(22(28)27-14-12-19-9-5-6-10-20(19)16-27)26-23(25-17)24-13-11-18-7-3-2-4-8-18/h2-10,15H,11-14,16H2,1H3,(H,24,25,26). The third kappa shape index (κ3) is 4.19. The van der Waals surface area contributed by atoms with Crippen molar-refractivity contribution in [2.24, 2.45) is 0 Å². The Balaban J connectivity index is 1.44. The van der Waals surface area contributed by atoms with E-state index in [1.54, 1.807) is 6.07 Å². The van der Waals surface area contributed by atoms with E-state index in [0.717, 1.165) is 31.6 Å². The number of fused-ring (bicyclic) bond motifs is 1. The first-order valence-corrected chi connectivity index (χ1v) is 9.68. The molecule has 1 aliphatic heterocycles. The van der Waals surface area contributed by atoms with Crippen molar-refractivity contribution in [3.8, 4) is 0 Å². The van der Waals surface area contributed by atoms with Gasteiger partial charge in [-0.15, -0.1) is 0 Å². The fraction of sp³-hybridized carbons (Fsp3) is 0.261. The van der Waals surface area contributed by atoms with Crippen molar-refractivity contribution in [3.63, 3.8) is 0 Å². The summed E-state index contributed by atoms with van der Waals surface area (Å²) in [6.07, 6.45) is 1.76. The molecule has 0 aliphatic carbocycles. The molecule has 0 unspecified atom stereocenters. The Morgan fingerprint density at radius 1 is 1.04 bits per heavy atom. The summed E-state index contributed by atoms with van der Waals surface area (Å²) in [5.41, 5.74) is 5.04. The summed E-state index contributed by atoms with van der Waals surface area (Å²) in [5.74, 6) is 0.475. The van der Waals surface area contributed by atoms with Gasteiger partial charge in [0.1, 0.15) is 5.69 Å². The van der Waals surface area contributed by atoms with Gasteiger partial charge in [0.25, 0.3) is 5.91 Å². The number of hydrogen-bond donors (Lipinski definition) is 1. The number of carbonyl (C=O) groups is 1. The van der Waals surface area contributed by atoms with Crippen molar-refractivity contribution in [2.75, 3.05) is 18.4 Å². The number of aryl methyl sites for hydroxylation is 1. The Labute approximate surface area is 165 Å². The van der Waals surface area contributed by atoms with E-state index in [0.29, 0.717) is 18.2 Å². The Bertz CT molecular complexity index is 971. The lowest BCUT2D eigenvalue weighted by atomic mass is 10.00. The molecule has 1 N–H and O–H groups in total. The predicted molar refractivity (Wildman–Crippen MR) is 110 cm³/mol. The van der Waals surface area contributed by atoms with Gasteiger partial charge in [-0.25, -0.2) is 9.97 Å². The van der Waals surface area contributed by atoms with E-state index in [4.69, 9.17) is 0 Å². The fourth-order valence-electron chi connectivity index (χ4n) is 3.55. The molecule has 28 heavy (non-hydrogen) atoms. The molecule has 5 nitrogen and oxygen atoms in total. The Kier molecular flexibility index (Phi) is 5.33. The molecule has 1 amide bonds. The molecule has 4 rings (SSSR count). The molecule has 0 saturated heterocycles. The van der Waals surface area contributed by atoms with Gasteiger partial charge >= 0.3 is 0 Å². The average Bonchev–Trinajstić information content (AvgIpc) is 2.73. The highest BCUT2D eigenvalue weighted by atomic mass is 16.2. The van der Waals surface area contributed by atoms with Crippen LogP contribution in [0.15, 0.2) is 60.7 Å². The smallest absolute Gasteiger partial charge is 0.272 e. The molecular formula is C23H24N4O. The number of anilines is 1. The molecule has 1 aromatic heterocycles. The van der Waals surface area contributed by atoms with E-state index in [9.17, 15) is 4.79 Å². The number of nitrogens with one attached hydrogen (secondary N) is 1. The van der Waals surface area contributed by atoms with Crippen molar-refractivity contribution in [1.29, 1.82) is 0 Å². The topological polar surface area (TPSA) is 58.1 Å². The van der Waals surface area contributed by atoms with Crippen LogP contribution in [0.3, 0.4) is 0 Å². The second-order valence-electron chi connectivity index (χ2n) is 7.13. The summed E-state index contributed by atoms with van der Waals surface area (Å²) >= 11 is 0. The van der Waals surface area contributed by atoms with E-state index >= 15 is 0 Å². The summed E-state index contributed by atoms with van der Waals surface area (Å²) < 4.78 is 0. The van der Waals surface area contributed by atoms with Gasteiger partial charge in [0.2, 0.25) is 5.95 Å². The zero-order valence-electron chi connectivity index (χ0n) is 16.1. The van der Waals surface area contributed by atoms with Crippen LogP contribution < -0.4 is 5.32 Å². The van der Waals surface area contributed by atoms with Crippen LogP contribution in [0.5, 0.6) is 0 Å².